The van der Waals surface area contributed by atoms with Gasteiger partial charge in [-0.1, -0.05) is 145 Å². The van der Waals surface area contributed by atoms with Gasteiger partial charge in [-0.05, 0) is 45.4 Å². The van der Waals surface area contributed by atoms with Crippen molar-refractivity contribution < 1.29 is 19.1 Å². The first-order valence-electron chi connectivity index (χ1n) is 49.2. The molecule has 133 heavy (non-hydrogen) atoms. The van der Waals surface area contributed by atoms with Crippen molar-refractivity contribution in [2.45, 2.75) is 278 Å². The maximum atomic E-state index is 11.9. The van der Waals surface area contributed by atoms with Crippen LogP contribution in [-0.2, 0) is 51.6 Å². The second-order valence-electron chi connectivity index (χ2n) is 44.6. The molecule has 10 aliphatic rings. The van der Waals surface area contributed by atoms with Crippen molar-refractivity contribution >= 4 is 76.5 Å². The van der Waals surface area contributed by atoms with Crippen molar-refractivity contribution in [3.05, 3.63) is 76.4 Å². The van der Waals surface area contributed by atoms with Gasteiger partial charge in [-0.3, -0.25) is 14.5 Å². The van der Waals surface area contributed by atoms with Crippen LogP contribution in [0.15, 0.2) is 36.5 Å². The minimum Gasteiger partial charge on any atom is -0.377 e. The summed E-state index contributed by atoms with van der Waals surface area (Å²) < 4.78 is 10.5. The summed E-state index contributed by atoms with van der Waals surface area (Å²) in [7, 11) is 4.05. The second kappa shape index (κ2) is 45.7. The van der Waals surface area contributed by atoms with E-state index in [9.17, 15) is 9.59 Å². The van der Waals surface area contributed by atoms with E-state index in [1.165, 1.54) is 19.3 Å². The molecule has 0 atom stereocenters. The lowest BCUT2D eigenvalue weighted by molar-refractivity contribution is -0.131. The van der Waals surface area contributed by atoms with Crippen LogP contribution in [0.3, 0.4) is 0 Å². The quantitative estimate of drug-likeness (QED) is 0.0268. The summed E-state index contributed by atoms with van der Waals surface area (Å²) in [5.74, 6) is 11.5. The van der Waals surface area contributed by atoms with Crippen molar-refractivity contribution in [1.29, 1.82) is 0 Å². The molecule has 0 unspecified atom stereocenters. The van der Waals surface area contributed by atoms with Crippen LogP contribution < -0.4 is 83.4 Å². The van der Waals surface area contributed by atoms with Crippen LogP contribution in [0.2, 0.25) is 0 Å². The molecule has 10 fully saturated rings. The Hall–Kier alpha value is -9.10. The van der Waals surface area contributed by atoms with Crippen LogP contribution in [0, 0.1) is 0 Å². The van der Waals surface area contributed by atoms with Crippen LogP contribution in [0.1, 0.15) is 244 Å². The summed E-state index contributed by atoms with van der Waals surface area (Å²) in [5, 5.41) is 34.0. The minimum atomic E-state index is -0.0357. The second-order valence-corrected chi connectivity index (χ2v) is 44.6. The van der Waals surface area contributed by atoms with Crippen molar-refractivity contribution in [1.82, 2.24) is 95.8 Å². The lowest BCUT2D eigenvalue weighted by Gasteiger charge is -2.42. The summed E-state index contributed by atoms with van der Waals surface area (Å²) in [4.78, 5) is 97.4. The molecule has 0 bridgehead atoms. The summed E-state index contributed by atoms with van der Waals surface area (Å²) >= 11 is 0. The van der Waals surface area contributed by atoms with Gasteiger partial charge in [0.25, 0.3) is 0 Å². The Balaban J connectivity index is 0.000000154. The lowest BCUT2D eigenvalue weighted by Crippen LogP contribution is -2.53. The van der Waals surface area contributed by atoms with E-state index in [-0.39, 0.29) is 49.8 Å². The molecule has 9 saturated heterocycles. The van der Waals surface area contributed by atoms with Gasteiger partial charge in [0.15, 0.2) is 0 Å². The van der Waals surface area contributed by atoms with Crippen molar-refractivity contribution in [3.63, 3.8) is 0 Å². The van der Waals surface area contributed by atoms with E-state index < -0.39 is 0 Å². The average molecular weight is 1840 g/mol. The normalized spacial score (nSPS) is 18.5. The number of unbranched alkanes of at least 4 members (excludes halogenated alkanes) is 1. The Morgan fingerprint density at radius 3 is 1.11 bits per heavy atom. The van der Waals surface area contributed by atoms with E-state index in [1.807, 2.05) is 34.9 Å². The van der Waals surface area contributed by atoms with Gasteiger partial charge in [-0.25, -0.2) is 34.9 Å². The number of hydrogen-bond donors (Lipinski definition) is 11. The number of carbonyl (C=O) groups excluding carboxylic acids is 2. The molecule has 738 valence electrons. The van der Waals surface area contributed by atoms with Crippen LogP contribution in [0.25, 0.3) is 0 Å². The molecule has 35 heteroatoms. The minimum absolute atomic E-state index is 0.00251. The fraction of sp³-hybridized carbons (Fsp3) is 0.735. The molecule has 16 rings (SSSR count). The Labute approximate surface area is 795 Å². The van der Waals surface area contributed by atoms with Gasteiger partial charge in [0.2, 0.25) is 41.6 Å². The third kappa shape index (κ3) is 31.2. The van der Waals surface area contributed by atoms with Crippen molar-refractivity contribution in [2.24, 2.45) is 5.73 Å². The molecule has 0 aromatic carbocycles. The Morgan fingerprint density at radius 1 is 0.414 bits per heavy atom. The summed E-state index contributed by atoms with van der Waals surface area (Å²) in [6.07, 6.45) is 7.34. The number of hydrogen-bond acceptors (Lipinski definition) is 33. The zero-order chi connectivity index (χ0) is 96.5. The molecule has 0 spiro atoms. The molecule has 6 aromatic heterocycles. The number of rotatable bonds is 24. The fourth-order valence-corrected chi connectivity index (χ4v) is 15.2. The zero-order valence-electron chi connectivity index (χ0n) is 85.8. The van der Waals surface area contributed by atoms with E-state index in [1.54, 1.807) is 6.92 Å². The van der Waals surface area contributed by atoms with Gasteiger partial charge in [0, 0.05) is 259 Å². The van der Waals surface area contributed by atoms with E-state index in [0.717, 1.165) is 281 Å². The van der Waals surface area contributed by atoms with E-state index >= 15 is 0 Å². The zero-order valence-corrected chi connectivity index (χ0v) is 85.8. The van der Waals surface area contributed by atoms with Crippen LogP contribution in [0.5, 0.6) is 0 Å². The maximum absolute atomic E-state index is 11.9. The average Bonchev–Trinajstić information content (AvgIpc) is 1.23. The summed E-state index contributed by atoms with van der Waals surface area (Å²) in [5.41, 5.74) is 12.4. The monoisotopic (exact) mass is 1840 g/mol. The molecular weight excluding hydrogens is 1680 g/mol. The number of likely N-dealkylation sites (N-methyl/N-ethyl adjacent to an activating group) is 1. The number of anilines is 11. The largest absolute Gasteiger partial charge is 0.377 e. The number of nitrogens with two attached hydrogens (primary N) is 1. The van der Waals surface area contributed by atoms with Gasteiger partial charge in [0.05, 0.1) is 91.1 Å². The molecule has 1 aliphatic carbocycles. The highest BCUT2D eigenvalue weighted by Crippen LogP contribution is 2.40. The molecule has 12 N–H and O–H groups in total. The molecular formula is C98H167N31O4. The molecule has 6 aromatic rings. The SMILES string of the molecule is CC(=O)N1CCN(c2ncc(C(C)(C)C)c(NC3CNC3)n2)CC1.CC(C)(C)c1cc(NC2COC2)nc(C2CC2)n1.CC(C)(C)c1cc(NC2COC2)nc(N2CCN(C(C)(C)C)CC2)n1.CCC(=O)N1CCN(c2nc(NC3CNC3)cc(C(C)(C)C)n2)CC1.CCCCN(C)c1nc(NC2CNC2)cc(C(C)(C)C)n1.CN(CCN)c1nc(NC2CNC2)cc(C(C)(C)C)n1. The van der Waals surface area contributed by atoms with E-state index in [2.05, 4.69) is 287 Å². The molecule has 0 radical (unpaired) electrons. The summed E-state index contributed by atoms with van der Waals surface area (Å²) in [6.45, 7) is 75.3. The number of ether oxygens (including phenoxy) is 2. The Morgan fingerprint density at radius 2 is 0.767 bits per heavy atom. The third-order valence-electron chi connectivity index (χ3n) is 25.2. The van der Waals surface area contributed by atoms with Crippen molar-refractivity contribution in [2.75, 3.05) is 247 Å². The maximum Gasteiger partial charge on any atom is 0.227 e. The van der Waals surface area contributed by atoms with Crippen LogP contribution in [-0.4, -0.2) is 319 Å². The fourth-order valence-electron chi connectivity index (χ4n) is 15.2. The number of piperazine rings is 3. The van der Waals surface area contributed by atoms with Gasteiger partial charge in [-0.2, -0.15) is 24.9 Å². The topological polar surface area (TPSA) is 380 Å². The van der Waals surface area contributed by atoms with Crippen LogP contribution in [0.4, 0.5) is 64.6 Å². The smallest absolute Gasteiger partial charge is 0.227 e. The molecule has 1 saturated carbocycles. The highest BCUT2D eigenvalue weighted by atomic mass is 16.5. The van der Waals surface area contributed by atoms with E-state index in [0.29, 0.717) is 55.1 Å². The number of nitrogens with zero attached hydrogens (tertiary/aromatic N) is 20. The number of amides is 2. The van der Waals surface area contributed by atoms with Crippen LogP contribution >= 0.6 is 0 Å². The Bertz CT molecular complexity index is 4670. The lowest BCUT2D eigenvalue weighted by atomic mass is 9.88. The first kappa shape index (κ1) is 104. The molecule has 35 nitrogen and oxygen atoms in total. The predicted molar refractivity (Wildman–Crippen MR) is 542 cm³/mol. The van der Waals surface area contributed by atoms with Gasteiger partial charge in [-0.15, -0.1) is 0 Å². The third-order valence-corrected chi connectivity index (χ3v) is 25.2. The van der Waals surface area contributed by atoms with Gasteiger partial charge >= 0.3 is 0 Å². The number of nitrogens with one attached hydrogen (secondary N) is 10. The first-order chi connectivity index (χ1) is 62.6. The van der Waals surface area contributed by atoms with Gasteiger partial charge in [0.1, 0.15) is 40.7 Å². The van der Waals surface area contributed by atoms with E-state index in [4.69, 9.17) is 55.1 Å². The highest BCUT2D eigenvalue weighted by Gasteiger charge is 2.36. The Kier molecular flexibility index (Phi) is 35.9. The molecule has 15 heterocycles. The highest BCUT2D eigenvalue weighted by molar-refractivity contribution is 5.76. The standard InChI is InChI=1S/C19H33N5O.C18H30N6O.C17H28N6O.C16H29N5.C14H26N6.C14H21N3O/c1-18(2,3)15-11-16(20-14-12-25-13-14)22-17(21-15)23-7-9-24(10-8-23)19(4,5)6;1-5-16(25)23-6-8-24(9-7-23)17-21-14(18(2,3)4)10-15(22-17)20-13-11-19-12-13;1-12(24)22-5-7-23(8-6-22)16-19-11-14(17(2,3)4)15(21-16)20-13-9-18-10-13;1-6-7-8-21(5)15-19-13(16(2,3)4)9-14(20-15)18-12-10-17-11-12;1-14(2,3)11-7-12(17-10-8-16-9-10)19-13(18-11)20(4)6-5-15;1-14(2,3)11-6-12(15-10-7-18-8-10)17-13(16-11)9-4-5-9/h11,14H,7-10,12-13H2,1-6H3,(H,20,21,22);10,13,19H,5-9,11-12H2,1-4H3,(H,20,21,22);11,13,18H,5-10H2,1-4H3,(H,19,20,21);9,12,17H,6-8,10-11H2,1-5H3,(H,18,19,20);7,10,16H,5-6,8-9,15H2,1-4H3,(H,17,18,19);6,9-10H,4-5,7-8H2,1-3H3,(H,15,16,17). The van der Waals surface area contributed by atoms with Crippen molar-refractivity contribution in [3.8, 4) is 0 Å². The first-order valence-corrected chi connectivity index (χ1v) is 49.2. The molecule has 9 aliphatic heterocycles. The molecule has 2 amide bonds. The number of carbonyl (C=O) groups is 2. The predicted octanol–water partition coefficient (Wildman–Crippen LogP) is 9.96. The van der Waals surface area contributed by atoms with Gasteiger partial charge < -0.3 is 103 Å². The summed E-state index contributed by atoms with van der Waals surface area (Å²) in [6, 6.07) is 13.0. The number of aromatic nitrogens is 12.